The Labute approximate surface area is 146 Å². The molecule has 0 saturated carbocycles. The second kappa shape index (κ2) is 7.44. The Morgan fingerprint density at radius 3 is 2.52 bits per heavy atom. The van der Waals surface area contributed by atoms with Gasteiger partial charge in [-0.15, -0.1) is 10.2 Å². The Hall–Kier alpha value is -2.73. The molecule has 0 aliphatic carbocycles. The van der Waals surface area contributed by atoms with Crippen molar-refractivity contribution in [2.45, 2.75) is 18.9 Å². The fourth-order valence-corrected chi connectivity index (χ4v) is 3.40. The minimum Gasteiger partial charge on any atom is -0.457 e. The van der Waals surface area contributed by atoms with E-state index in [0.29, 0.717) is 5.92 Å². The predicted octanol–water partition coefficient (Wildman–Crippen LogP) is 3.05. The Bertz CT molecular complexity index is 767. The van der Waals surface area contributed by atoms with E-state index < -0.39 is 0 Å². The normalized spacial score (nSPS) is 18.6. The summed E-state index contributed by atoms with van der Waals surface area (Å²) < 4.78 is 5.89. The van der Waals surface area contributed by atoms with Crippen molar-refractivity contribution in [2.24, 2.45) is 5.92 Å². The molecule has 1 aliphatic rings. The molecule has 1 aromatic heterocycles. The molecule has 1 fully saturated rings. The molecule has 1 saturated heterocycles. The molecule has 0 radical (unpaired) electrons. The Balaban J connectivity index is 1.57. The highest BCUT2D eigenvalue weighted by Crippen LogP contribution is 2.31. The number of benzene rings is 2. The molecule has 1 aliphatic heterocycles. The third-order valence-electron chi connectivity index (χ3n) is 4.60. The number of aromatic nitrogens is 4. The number of ether oxygens (including phenoxy) is 1. The number of hydrogen-bond acceptors (Lipinski definition) is 5. The molecular formula is C19H21N5O. The van der Waals surface area contributed by atoms with Gasteiger partial charge in [-0.25, -0.2) is 0 Å². The van der Waals surface area contributed by atoms with Gasteiger partial charge in [0.05, 0.1) is 0 Å². The third-order valence-corrected chi connectivity index (χ3v) is 4.60. The van der Waals surface area contributed by atoms with Crippen molar-refractivity contribution in [3.63, 3.8) is 0 Å². The molecule has 4 rings (SSSR count). The molecule has 128 valence electrons. The summed E-state index contributed by atoms with van der Waals surface area (Å²) in [6, 6.07) is 18.1. The van der Waals surface area contributed by atoms with Crippen LogP contribution in [0.25, 0.3) is 0 Å². The number of piperidine rings is 1. The van der Waals surface area contributed by atoms with E-state index in [-0.39, 0.29) is 6.04 Å². The fraction of sp³-hybridized carbons (Fsp3) is 0.316. The van der Waals surface area contributed by atoms with Crippen molar-refractivity contribution in [3.05, 3.63) is 66.5 Å². The van der Waals surface area contributed by atoms with Crippen LogP contribution in [-0.2, 0) is 0 Å². The fourth-order valence-electron chi connectivity index (χ4n) is 3.40. The highest BCUT2D eigenvalue weighted by molar-refractivity contribution is 5.34. The van der Waals surface area contributed by atoms with Crippen molar-refractivity contribution in [1.29, 1.82) is 0 Å². The SMILES string of the molecule is c1ccc(Oc2ccc([C@H]([C@H]3CCCNC3)n3ncnn3)cc2)cc1. The van der Waals surface area contributed by atoms with Gasteiger partial charge in [0.15, 0.2) is 6.33 Å². The zero-order chi connectivity index (χ0) is 16.9. The molecule has 3 aromatic rings. The van der Waals surface area contributed by atoms with E-state index in [1.807, 2.05) is 42.5 Å². The molecule has 2 aromatic carbocycles. The number of nitrogens with one attached hydrogen (secondary N) is 1. The average molecular weight is 335 g/mol. The van der Waals surface area contributed by atoms with E-state index in [2.05, 4.69) is 32.9 Å². The predicted molar refractivity (Wildman–Crippen MR) is 94.5 cm³/mol. The lowest BCUT2D eigenvalue weighted by molar-refractivity contribution is 0.261. The van der Waals surface area contributed by atoms with E-state index in [4.69, 9.17) is 4.74 Å². The van der Waals surface area contributed by atoms with E-state index >= 15 is 0 Å². The van der Waals surface area contributed by atoms with Crippen LogP contribution in [0.15, 0.2) is 60.9 Å². The van der Waals surface area contributed by atoms with Crippen molar-refractivity contribution >= 4 is 0 Å². The second-order valence-corrected chi connectivity index (χ2v) is 6.29. The molecular weight excluding hydrogens is 314 g/mol. The monoisotopic (exact) mass is 335 g/mol. The number of para-hydroxylation sites is 1. The molecule has 6 nitrogen and oxygen atoms in total. The van der Waals surface area contributed by atoms with Gasteiger partial charge in [0, 0.05) is 6.54 Å². The lowest BCUT2D eigenvalue weighted by atomic mass is 9.87. The molecule has 1 N–H and O–H groups in total. The minimum absolute atomic E-state index is 0.0843. The van der Waals surface area contributed by atoms with Crippen LogP contribution >= 0.6 is 0 Å². The highest BCUT2D eigenvalue weighted by Gasteiger charge is 2.28. The summed E-state index contributed by atoms with van der Waals surface area (Å²) in [4.78, 5) is 1.73. The quantitative estimate of drug-likeness (QED) is 0.776. The van der Waals surface area contributed by atoms with Gasteiger partial charge in [0.25, 0.3) is 0 Å². The smallest absolute Gasteiger partial charge is 0.162 e. The van der Waals surface area contributed by atoms with Crippen LogP contribution in [0.1, 0.15) is 24.4 Å². The van der Waals surface area contributed by atoms with Crippen LogP contribution in [0.3, 0.4) is 0 Å². The number of tetrazole rings is 1. The minimum atomic E-state index is 0.0843. The van der Waals surface area contributed by atoms with E-state index in [9.17, 15) is 0 Å². The lowest BCUT2D eigenvalue weighted by Crippen LogP contribution is -2.36. The topological polar surface area (TPSA) is 64.9 Å². The van der Waals surface area contributed by atoms with Crippen LogP contribution in [-0.4, -0.2) is 33.3 Å². The maximum absolute atomic E-state index is 5.89. The van der Waals surface area contributed by atoms with Gasteiger partial charge in [-0.05, 0) is 60.3 Å². The summed E-state index contributed by atoms with van der Waals surface area (Å²) in [7, 11) is 0. The Kier molecular flexibility index (Phi) is 4.70. The van der Waals surface area contributed by atoms with E-state index in [1.54, 1.807) is 4.80 Å². The zero-order valence-electron chi connectivity index (χ0n) is 14.0. The average Bonchev–Trinajstić information content (AvgIpc) is 3.19. The molecule has 25 heavy (non-hydrogen) atoms. The van der Waals surface area contributed by atoms with Gasteiger partial charge in [-0.3, -0.25) is 0 Å². The highest BCUT2D eigenvalue weighted by atomic mass is 16.5. The number of hydrogen-bond donors (Lipinski definition) is 1. The molecule has 0 bridgehead atoms. The molecule has 0 unspecified atom stereocenters. The first-order chi connectivity index (χ1) is 12.4. The van der Waals surface area contributed by atoms with Crippen molar-refractivity contribution in [1.82, 2.24) is 25.5 Å². The van der Waals surface area contributed by atoms with Crippen molar-refractivity contribution < 1.29 is 4.74 Å². The molecule has 6 heteroatoms. The molecule has 2 heterocycles. The van der Waals surface area contributed by atoms with Gasteiger partial charge >= 0.3 is 0 Å². The van der Waals surface area contributed by atoms with Crippen LogP contribution < -0.4 is 10.1 Å². The van der Waals surface area contributed by atoms with Crippen LogP contribution in [0.2, 0.25) is 0 Å². The summed E-state index contributed by atoms with van der Waals surface area (Å²) in [5.41, 5.74) is 1.17. The number of rotatable bonds is 5. The summed E-state index contributed by atoms with van der Waals surface area (Å²) in [6.07, 6.45) is 3.82. The maximum Gasteiger partial charge on any atom is 0.162 e. The first kappa shape index (κ1) is 15.8. The third kappa shape index (κ3) is 3.69. The first-order valence-electron chi connectivity index (χ1n) is 8.66. The van der Waals surface area contributed by atoms with Gasteiger partial charge in [0.1, 0.15) is 17.5 Å². The van der Waals surface area contributed by atoms with E-state index in [0.717, 1.165) is 31.0 Å². The maximum atomic E-state index is 5.89. The van der Waals surface area contributed by atoms with Gasteiger partial charge in [-0.2, -0.15) is 4.80 Å². The second-order valence-electron chi connectivity index (χ2n) is 6.29. The van der Waals surface area contributed by atoms with Crippen molar-refractivity contribution in [3.8, 4) is 11.5 Å². The first-order valence-corrected chi connectivity index (χ1v) is 8.66. The molecule has 0 amide bonds. The van der Waals surface area contributed by atoms with Gasteiger partial charge in [0.2, 0.25) is 0 Å². The van der Waals surface area contributed by atoms with Crippen LogP contribution in [0.5, 0.6) is 11.5 Å². The van der Waals surface area contributed by atoms with Crippen LogP contribution in [0.4, 0.5) is 0 Å². The largest absolute Gasteiger partial charge is 0.457 e. The molecule has 2 atom stereocenters. The zero-order valence-corrected chi connectivity index (χ0v) is 14.0. The summed E-state index contributed by atoms with van der Waals surface area (Å²) in [5, 5.41) is 15.8. The number of nitrogens with zero attached hydrogens (tertiary/aromatic N) is 4. The van der Waals surface area contributed by atoms with Gasteiger partial charge in [-0.1, -0.05) is 30.3 Å². The van der Waals surface area contributed by atoms with Gasteiger partial charge < -0.3 is 10.1 Å². The van der Waals surface area contributed by atoms with Crippen molar-refractivity contribution in [2.75, 3.05) is 13.1 Å². The lowest BCUT2D eigenvalue weighted by Gasteiger charge is -2.30. The summed E-state index contributed by atoms with van der Waals surface area (Å²) in [5.74, 6) is 2.10. The van der Waals surface area contributed by atoms with Crippen LogP contribution in [0, 0.1) is 5.92 Å². The standard InChI is InChI=1S/C19H21N5O/c1-2-6-17(7-3-1)25-18-10-8-15(9-11-18)19(24-22-14-21-23-24)16-5-4-12-20-13-16/h1-3,6-11,14,16,19-20H,4-5,12-13H2/t16-,19+/m0/s1. The molecule has 0 spiro atoms. The summed E-state index contributed by atoms with van der Waals surface area (Å²) in [6.45, 7) is 2.05. The summed E-state index contributed by atoms with van der Waals surface area (Å²) >= 11 is 0. The Morgan fingerprint density at radius 2 is 1.84 bits per heavy atom. The Morgan fingerprint density at radius 1 is 1.04 bits per heavy atom. The van der Waals surface area contributed by atoms with E-state index in [1.165, 1.54) is 18.3 Å².